The van der Waals surface area contributed by atoms with Crippen LogP contribution in [0.5, 0.6) is 0 Å². The van der Waals surface area contributed by atoms with Crippen molar-refractivity contribution in [2.24, 2.45) is 17.3 Å². The van der Waals surface area contributed by atoms with Crippen molar-refractivity contribution in [1.29, 1.82) is 0 Å². The minimum absolute atomic E-state index is 0.429. The minimum atomic E-state index is 0.429. The van der Waals surface area contributed by atoms with Gasteiger partial charge in [-0.25, -0.2) is 0 Å². The number of fused-ring (bicyclic) bond motifs is 3. The van der Waals surface area contributed by atoms with Gasteiger partial charge in [-0.05, 0) is 60.5 Å². The van der Waals surface area contributed by atoms with Crippen LogP contribution in [-0.2, 0) is 12.8 Å². The van der Waals surface area contributed by atoms with Crippen LogP contribution in [0.2, 0.25) is 0 Å². The first-order valence-corrected chi connectivity index (χ1v) is 8.39. The number of rotatable bonds is 4. The molecule has 2 aliphatic carbocycles. The molecule has 0 amide bonds. The summed E-state index contributed by atoms with van der Waals surface area (Å²) in [5, 5.41) is 3.95. The summed E-state index contributed by atoms with van der Waals surface area (Å²) in [4.78, 5) is 0. The van der Waals surface area contributed by atoms with E-state index >= 15 is 0 Å². The maximum Gasteiger partial charge on any atom is 0.0130 e. The Labute approximate surface area is 124 Å². The Balaban J connectivity index is 1.73. The average Bonchev–Trinajstić information content (AvgIpc) is 2.71. The van der Waals surface area contributed by atoms with E-state index in [-0.39, 0.29) is 0 Å². The van der Waals surface area contributed by atoms with Gasteiger partial charge in [-0.3, -0.25) is 0 Å². The molecule has 0 saturated heterocycles. The molecule has 1 N–H and O–H groups in total. The van der Waals surface area contributed by atoms with Crippen molar-refractivity contribution in [2.75, 3.05) is 6.54 Å². The van der Waals surface area contributed by atoms with Crippen molar-refractivity contribution < 1.29 is 0 Å². The molecular weight excluding hydrogens is 242 g/mol. The lowest BCUT2D eigenvalue weighted by atomic mass is 9.88. The first-order valence-electron chi connectivity index (χ1n) is 8.39. The smallest absolute Gasteiger partial charge is 0.0130 e. The maximum absolute atomic E-state index is 3.95. The lowest BCUT2D eigenvalue weighted by Crippen LogP contribution is -2.42. The predicted molar refractivity (Wildman–Crippen MR) is 85.9 cm³/mol. The van der Waals surface area contributed by atoms with Gasteiger partial charge in [-0.15, -0.1) is 0 Å². The molecule has 3 rings (SSSR count). The van der Waals surface area contributed by atoms with Gasteiger partial charge >= 0.3 is 0 Å². The highest BCUT2D eigenvalue weighted by Gasteiger charge is 2.39. The monoisotopic (exact) mass is 271 g/mol. The van der Waals surface area contributed by atoms with E-state index in [1.165, 1.54) is 32.1 Å². The highest BCUT2D eigenvalue weighted by molar-refractivity contribution is 5.30. The van der Waals surface area contributed by atoms with Crippen LogP contribution in [0.4, 0.5) is 0 Å². The Morgan fingerprint density at radius 1 is 1.05 bits per heavy atom. The summed E-state index contributed by atoms with van der Waals surface area (Å²) >= 11 is 0. The van der Waals surface area contributed by atoms with E-state index in [9.17, 15) is 0 Å². The summed E-state index contributed by atoms with van der Waals surface area (Å²) < 4.78 is 0. The number of hydrogen-bond donors (Lipinski definition) is 1. The summed E-state index contributed by atoms with van der Waals surface area (Å²) in [7, 11) is 0. The van der Waals surface area contributed by atoms with Gasteiger partial charge in [0.2, 0.25) is 0 Å². The first-order chi connectivity index (χ1) is 9.59. The van der Waals surface area contributed by atoms with Crippen LogP contribution in [0.3, 0.4) is 0 Å². The Kier molecular flexibility index (Phi) is 3.90. The number of hydrogen-bond acceptors (Lipinski definition) is 1. The van der Waals surface area contributed by atoms with Crippen LogP contribution in [0.25, 0.3) is 0 Å². The van der Waals surface area contributed by atoms with Gasteiger partial charge < -0.3 is 5.32 Å². The normalized spacial score (nSPS) is 29.1. The van der Waals surface area contributed by atoms with Gasteiger partial charge in [0, 0.05) is 12.6 Å². The van der Waals surface area contributed by atoms with Crippen LogP contribution in [0.1, 0.15) is 51.2 Å². The second-order valence-corrected chi connectivity index (χ2v) is 7.70. The van der Waals surface area contributed by atoms with Crippen molar-refractivity contribution in [2.45, 2.75) is 58.9 Å². The van der Waals surface area contributed by atoms with E-state index in [4.69, 9.17) is 0 Å². The molecule has 1 saturated carbocycles. The SMILES string of the molecule is CCC(C)(C)CNC1C2CCC1Cc1ccccc1C2. The zero-order chi connectivity index (χ0) is 14.2. The molecular formula is C19H29N. The third kappa shape index (κ3) is 2.79. The maximum atomic E-state index is 3.95. The average molecular weight is 271 g/mol. The topological polar surface area (TPSA) is 12.0 Å². The Morgan fingerprint density at radius 2 is 1.60 bits per heavy atom. The fraction of sp³-hybridized carbons (Fsp3) is 0.684. The Hall–Kier alpha value is -0.820. The number of nitrogens with one attached hydrogen (secondary N) is 1. The molecule has 2 bridgehead atoms. The zero-order valence-corrected chi connectivity index (χ0v) is 13.3. The summed E-state index contributed by atoms with van der Waals surface area (Å²) in [6.07, 6.45) is 6.67. The highest BCUT2D eigenvalue weighted by atomic mass is 14.9. The first kappa shape index (κ1) is 14.1. The van der Waals surface area contributed by atoms with Crippen LogP contribution in [0.15, 0.2) is 24.3 Å². The van der Waals surface area contributed by atoms with Crippen LogP contribution >= 0.6 is 0 Å². The van der Waals surface area contributed by atoms with E-state index in [2.05, 4.69) is 50.4 Å². The molecule has 0 aliphatic heterocycles. The molecule has 0 radical (unpaired) electrons. The van der Waals surface area contributed by atoms with Crippen molar-refractivity contribution >= 4 is 0 Å². The van der Waals surface area contributed by atoms with Gasteiger partial charge in [0.15, 0.2) is 0 Å². The van der Waals surface area contributed by atoms with E-state index in [0.29, 0.717) is 5.41 Å². The van der Waals surface area contributed by atoms with Crippen molar-refractivity contribution in [3.8, 4) is 0 Å². The van der Waals surface area contributed by atoms with E-state index in [1.807, 2.05) is 0 Å². The fourth-order valence-corrected chi connectivity index (χ4v) is 4.00. The second kappa shape index (κ2) is 5.52. The van der Waals surface area contributed by atoms with Gasteiger partial charge in [-0.2, -0.15) is 0 Å². The Bertz CT molecular complexity index is 430. The predicted octanol–water partition coefficient (Wildman–Crippen LogP) is 4.21. The van der Waals surface area contributed by atoms with E-state index < -0.39 is 0 Å². The lowest BCUT2D eigenvalue weighted by molar-refractivity contribution is 0.263. The van der Waals surface area contributed by atoms with E-state index in [0.717, 1.165) is 24.4 Å². The molecule has 0 heterocycles. The standard InChI is InChI=1S/C19H29N/c1-4-19(2,3)13-20-18-16-9-10-17(18)12-15-8-6-5-7-14(15)11-16/h5-8,16-18,20H,4,9-13H2,1-3H3. The molecule has 1 aromatic rings. The molecule has 2 aliphatic rings. The summed E-state index contributed by atoms with van der Waals surface area (Å²) in [6, 6.07) is 9.86. The molecule has 1 fully saturated rings. The molecule has 20 heavy (non-hydrogen) atoms. The lowest BCUT2D eigenvalue weighted by Gasteiger charge is -2.30. The largest absolute Gasteiger partial charge is 0.313 e. The third-order valence-corrected chi connectivity index (χ3v) is 5.78. The summed E-state index contributed by atoms with van der Waals surface area (Å²) in [5.41, 5.74) is 3.65. The number of benzene rings is 1. The second-order valence-electron chi connectivity index (χ2n) is 7.70. The van der Waals surface area contributed by atoms with Gasteiger partial charge in [-0.1, -0.05) is 45.0 Å². The molecule has 0 spiro atoms. The van der Waals surface area contributed by atoms with Crippen LogP contribution < -0.4 is 5.32 Å². The quantitative estimate of drug-likeness (QED) is 0.865. The zero-order valence-electron chi connectivity index (χ0n) is 13.3. The van der Waals surface area contributed by atoms with Gasteiger partial charge in [0.25, 0.3) is 0 Å². The minimum Gasteiger partial charge on any atom is -0.313 e. The van der Waals surface area contributed by atoms with Gasteiger partial charge in [0.05, 0.1) is 0 Å². The molecule has 0 aromatic heterocycles. The van der Waals surface area contributed by atoms with Crippen molar-refractivity contribution in [3.63, 3.8) is 0 Å². The van der Waals surface area contributed by atoms with Crippen LogP contribution in [-0.4, -0.2) is 12.6 Å². The molecule has 110 valence electrons. The van der Waals surface area contributed by atoms with Crippen LogP contribution in [0, 0.1) is 17.3 Å². The highest BCUT2D eigenvalue weighted by Crippen LogP contribution is 2.40. The van der Waals surface area contributed by atoms with E-state index in [1.54, 1.807) is 11.1 Å². The summed E-state index contributed by atoms with van der Waals surface area (Å²) in [6.45, 7) is 8.23. The summed E-state index contributed by atoms with van der Waals surface area (Å²) in [5.74, 6) is 1.72. The molecule has 1 nitrogen and oxygen atoms in total. The molecule has 2 atom stereocenters. The molecule has 2 unspecified atom stereocenters. The fourth-order valence-electron chi connectivity index (χ4n) is 4.00. The van der Waals surface area contributed by atoms with Gasteiger partial charge in [0.1, 0.15) is 0 Å². The third-order valence-electron chi connectivity index (χ3n) is 5.78. The van der Waals surface area contributed by atoms with Crippen molar-refractivity contribution in [3.05, 3.63) is 35.4 Å². The Morgan fingerprint density at radius 3 is 2.10 bits per heavy atom. The molecule has 1 heteroatoms. The molecule has 1 aromatic carbocycles. The van der Waals surface area contributed by atoms with Crippen molar-refractivity contribution in [1.82, 2.24) is 5.32 Å².